The van der Waals surface area contributed by atoms with Crippen LogP contribution in [0, 0.1) is 12.7 Å². The lowest BCUT2D eigenvalue weighted by atomic mass is 10.1. The van der Waals surface area contributed by atoms with E-state index in [0.717, 1.165) is 0 Å². The van der Waals surface area contributed by atoms with Crippen LogP contribution in [0.3, 0.4) is 0 Å². The first-order valence-electron chi connectivity index (χ1n) is 3.80. The standard InChI is InChI=1S/C9H11ClFN/c1-6-8(10)3-2-7(4-5-12)9(6)11/h2-3H,4-5,12H2,1H3. The molecule has 2 N–H and O–H groups in total. The molecule has 0 unspecified atom stereocenters. The molecule has 3 heteroatoms. The van der Waals surface area contributed by atoms with Crippen molar-refractivity contribution >= 4 is 11.6 Å². The number of benzene rings is 1. The van der Waals surface area contributed by atoms with Crippen molar-refractivity contribution < 1.29 is 4.39 Å². The summed E-state index contributed by atoms with van der Waals surface area (Å²) in [7, 11) is 0. The molecule has 1 aromatic carbocycles. The van der Waals surface area contributed by atoms with Gasteiger partial charge in [-0.25, -0.2) is 4.39 Å². The third kappa shape index (κ3) is 1.76. The van der Waals surface area contributed by atoms with Crippen molar-refractivity contribution in [3.8, 4) is 0 Å². The van der Waals surface area contributed by atoms with Crippen LogP contribution in [0.2, 0.25) is 5.02 Å². The predicted octanol–water partition coefficient (Wildman–Crippen LogP) is 2.29. The van der Waals surface area contributed by atoms with E-state index in [1.807, 2.05) is 0 Å². The molecule has 0 fully saturated rings. The number of hydrogen-bond acceptors (Lipinski definition) is 1. The largest absolute Gasteiger partial charge is 0.330 e. The van der Waals surface area contributed by atoms with Crippen molar-refractivity contribution in [3.63, 3.8) is 0 Å². The SMILES string of the molecule is Cc1c(Cl)ccc(CCN)c1F. The number of halogens is 2. The third-order valence-electron chi connectivity index (χ3n) is 1.81. The van der Waals surface area contributed by atoms with Gasteiger partial charge in [0.1, 0.15) is 5.82 Å². The molecule has 0 aromatic heterocycles. The zero-order valence-corrected chi connectivity index (χ0v) is 7.66. The molecular formula is C9H11ClFN. The van der Waals surface area contributed by atoms with Gasteiger partial charge in [0.15, 0.2) is 0 Å². The van der Waals surface area contributed by atoms with Crippen LogP contribution in [0.15, 0.2) is 12.1 Å². The number of nitrogens with two attached hydrogens (primary N) is 1. The van der Waals surface area contributed by atoms with Crippen LogP contribution < -0.4 is 5.73 Å². The predicted molar refractivity (Wildman–Crippen MR) is 48.9 cm³/mol. The molecule has 0 aliphatic heterocycles. The number of hydrogen-bond donors (Lipinski definition) is 1. The van der Waals surface area contributed by atoms with Crippen molar-refractivity contribution in [2.45, 2.75) is 13.3 Å². The van der Waals surface area contributed by atoms with Gasteiger partial charge < -0.3 is 5.73 Å². The average molecular weight is 188 g/mol. The molecule has 0 bridgehead atoms. The zero-order chi connectivity index (χ0) is 9.14. The Morgan fingerprint density at radius 2 is 2.17 bits per heavy atom. The van der Waals surface area contributed by atoms with Gasteiger partial charge in [-0.1, -0.05) is 17.7 Å². The molecule has 0 saturated heterocycles. The lowest BCUT2D eigenvalue weighted by molar-refractivity contribution is 0.600. The summed E-state index contributed by atoms with van der Waals surface area (Å²) in [5, 5.41) is 0.466. The third-order valence-corrected chi connectivity index (χ3v) is 2.22. The van der Waals surface area contributed by atoms with Gasteiger partial charge in [0.25, 0.3) is 0 Å². The monoisotopic (exact) mass is 187 g/mol. The highest BCUT2D eigenvalue weighted by Gasteiger charge is 2.06. The second-order valence-corrected chi connectivity index (χ2v) is 3.09. The fourth-order valence-corrected chi connectivity index (χ4v) is 1.21. The normalized spacial score (nSPS) is 10.3. The Morgan fingerprint density at radius 3 is 2.75 bits per heavy atom. The minimum atomic E-state index is -0.229. The van der Waals surface area contributed by atoms with E-state index in [9.17, 15) is 4.39 Å². The van der Waals surface area contributed by atoms with Crippen molar-refractivity contribution in [3.05, 3.63) is 34.1 Å². The van der Waals surface area contributed by atoms with Gasteiger partial charge in [-0.3, -0.25) is 0 Å². The summed E-state index contributed by atoms with van der Waals surface area (Å²) in [6, 6.07) is 3.38. The molecule has 0 spiro atoms. The van der Waals surface area contributed by atoms with Gasteiger partial charge in [-0.2, -0.15) is 0 Å². The summed E-state index contributed by atoms with van der Waals surface area (Å²) in [5.41, 5.74) is 6.46. The van der Waals surface area contributed by atoms with Crippen molar-refractivity contribution in [2.75, 3.05) is 6.54 Å². The van der Waals surface area contributed by atoms with Crippen LogP contribution in [0.1, 0.15) is 11.1 Å². The highest BCUT2D eigenvalue weighted by molar-refractivity contribution is 6.31. The van der Waals surface area contributed by atoms with Crippen LogP contribution in [0.25, 0.3) is 0 Å². The van der Waals surface area contributed by atoms with Gasteiger partial charge in [-0.15, -0.1) is 0 Å². The molecule has 0 radical (unpaired) electrons. The molecule has 12 heavy (non-hydrogen) atoms. The molecule has 66 valence electrons. The summed E-state index contributed by atoms with van der Waals surface area (Å²) in [6.45, 7) is 2.12. The molecule has 0 heterocycles. The quantitative estimate of drug-likeness (QED) is 0.756. The van der Waals surface area contributed by atoms with Crippen LogP contribution in [0.4, 0.5) is 4.39 Å². The Morgan fingerprint density at radius 1 is 1.50 bits per heavy atom. The van der Waals surface area contributed by atoms with Gasteiger partial charge in [-0.05, 0) is 31.5 Å². The van der Waals surface area contributed by atoms with Crippen LogP contribution in [-0.2, 0) is 6.42 Å². The zero-order valence-electron chi connectivity index (χ0n) is 6.90. The highest BCUT2D eigenvalue weighted by Crippen LogP contribution is 2.21. The lowest BCUT2D eigenvalue weighted by Gasteiger charge is -2.05. The van der Waals surface area contributed by atoms with E-state index in [-0.39, 0.29) is 5.82 Å². The minimum Gasteiger partial charge on any atom is -0.330 e. The maximum atomic E-state index is 13.3. The Balaban J connectivity index is 3.08. The van der Waals surface area contributed by atoms with Gasteiger partial charge in [0, 0.05) is 10.6 Å². The maximum Gasteiger partial charge on any atom is 0.130 e. The number of rotatable bonds is 2. The second-order valence-electron chi connectivity index (χ2n) is 2.68. The summed E-state index contributed by atoms with van der Waals surface area (Å²) < 4.78 is 13.3. The fourth-order valence-electron chi connectivity index (χ4n) is 1.07. The molecule has 1 nitrogen and oxygen atoms in total. The Labute approximate surface area is 76.3 Å². The van der Waals surface area contributed by atoms with Crippen LogP contribution in [0.5, 0.6) is 0 Å². The van der Waals surface area contributed by atoms with Gasteiger partial charge in [0.2, 0.25) is 0 Å². The lowest BCUT2D eigenvalue weighted by Crippen LogP contribution is -2.05. The van der Waals surface area contributed by atoms with E-state index in [4.69, 9.17) is 17.3 Å². The van der Waals surface area contributed by atoms with Crippen molar-refractivity contribution in [2.24, 2.45) is 5.73 Å². The average Bonchev–Trinajstić information content (AvgIpc) is 2.07. The second kappa shape index (κ2) is 3.87. The Hall–Kier alpha value is -0.600. The summed E-state index contributed by atoms with van der Waals surface area (Å²) in [5.74, 6) is -0.229. The van der Waals surface area contributed by atoms with E-state index in [0.29, 0.717) is 29.1 Å². The molecular weight excluding hydrogens is 177 g/mol. The Bertz CT molecular complexity index is 286. The summed E-state index contributed by atoms with van der Waals surface area (Å²) >= 11 is 5.71. The summed E-state index contributed by atoms with van der Waals surface area (Å²) in [6.07, 6.45) is 0.559. The molecule has 0 amide bonds. The highest BCUT2D eigenvalue weighted by atomic mass is 35.5. The molecule has 0 aliphatic rings. The topological polar surface area (TPSA) is 26.0 Å². The molecule has 0 saturated carbocycles. The van der Waals surface area contributed by atoms with Crippen molar-refractivity contribution in [1.82, 2.24) is 0 Å². The van der Waals surface area contributed by atoms with E-state index in [1.165, 1.54) is 0 Å². The maximum absolute atomic E-state index is 13.3. The molecule has 0 aliphatic carbocycles. The fraction of sp³-hybridized carbons (Fsp3) is 0.333. The molecule has 1 aromatic rings. The molecule has 1 rings (SSSR count). The van der Waals surface area contributed by atoms with Gasteiger partial charge in [0.05, 0.1) is 0 Å². The van der Waals surface area contributed by atoms with Crippen LogP contribution >= 0.6 is 11.6 Å². The van der Waals surface area contributed by atoms with E-state index in [1.54, 1.807) is 19.1 Å². The molecule has 0 atom stereocenters. The first-order chi connectivity index (χ1) is 5.66. The van der Waals surface area contributed by atoms with Crippen LogP contribution in [-0.4, -0.2) is 6.54 Å². The van der Waals surface area contributed by atoms with E-state index < -0.39 is 0 Å². The Kier molecular flexibility index (Phi) is 3.06. The minimum absolute atomic E-state index is 0.229. The van der Waals surface area contributed by atoms with Gasteiger partial charge >= 0.3 is 0 Å². The van der Waals surface area contributed by atoms with E-state index >= 15 is 0 Å². The summed E-state index contributed by atoms with van der Waals surface area (Å²) in [4.78, 5) is 0. The first-order valence-corrected chi connectivity index (χ1v) is 4.18. The first kappa shape index (κ1) is 9.49. The van der Waals surface area contributed by atoms with Crippen molar-refractivity contribution in [1.29, 1.82) is 0 Å². The van der Waals surface area contributed by atoms with E-state index in [2.05, 4.69) is 0 Å². The smallest absolute Gasteiger partial charge is 0.130 e.